The fourth-order valence-corrected chi connectivity index (χ4v) is 4.28. The summed E-state index contributed by atoms with van der Waals surface area (Å²) in [6.07, 6.45) is 0.920. The minimum Gasteiger partial charge on any atom is -0.508 e. The lowest BCUT2D eigenvalue weighted by Crippen LogP contribution is -2.20. The van der Waals surface area contributed by atoms with E-state index in [1.165, 1.54) is 38.2 Å². The van der Waals surface area contributed by atoms with Crippen LogP contribution in [-0.4, -0.2) is 5.11 Å². The summed E-state index contributed by atoms with van der Waals surface area (Å²) in [5, 5.41) is 15.3. The molecule has 0 aliphatic rings. The number of hydrogen-bond acceptors (Lipinski definition) is 1. The summed E-state index contributed by atoms with van der Waals surface area (Å²) < 4.78 is 0. The molecule has 4 rings (SSSR count). The van der Waals surface area contributed by atoms with Gasteiger partial charge in [-0.1, -0.05) is 88.4 Å². The van der Waals surface area contributed by atoms with Crippen molar-refractivity contribution >= 4 is 21.5 Å². The summed E-state index contributed by atoms with van der Waals surface area (Å²) in [5.41, 5.74) is 3.82. The zero-order chi connectivity index (χ0) is 19.9. The Kier molecular flexibility index (Phi) is 4.63. The van der Waals surface area contributed by atoms with Gasteiger partial charge in [-0.15, -0.1) is 0 Å². The van der Waals surface area contributed by atoms with Crippen molar-refractivity contribution in [2.75, 3.05) is 0 Å². The van der Waals surface area contributed by atoms with E-state index in [-0.39, 0.29) is 5.41 Å². The SMILES string of the molecule is CC(C)c1cc(O)cc2c(CC(C)(C)c3ccc4ccccc4c3)cccc12. The number of fused-ring (bicyclic) bond motifs is 2. The van der Waals surface area contributed by atoms with Crippen molar-refractivity contribution in [3.05, 3.63) is 89.5 Å². The zero-order valence-corrected chi connectivity index (χ0v) is 17.2. The molecule has 0 aliphatic carbocycles. The number of rotatable bonds is 4. The fraction of sp³-hybridized carbons (Fsp3) is 0.259. The second-order valence-electron chi connectivity index (χ2n) is 8.82. The summed E-state index contributed by atoms with van der Waals surface area (Å²) >= 11 is 0. The quantitative estimate of drug-likeness (QED) is 0.399. The summed E-state index contributed by atoms with van der Waals surface area (Å²) in [4.78, 5) is 0. The summed E-state index contributed by atoms with van der Waals surface area (Å²) in [7, 11) is 0. The van der Waals surface area contributed by atoms with Gasteiger partial charge in [0.2, 0.25) is 0 Å². The van der Waals surface area contributed by atoms with Crippen molar-refractivity contribution in [3.8, 4) is 5.75 Å². The van der Waals surface area contributed by atoms with Gasteiger partial charge in [0.1, 0.15) is 5.75 Å². The van der Waals surface area contributed by atoms with Crippen LogP contribution in [0, 0.1) is 0 Å². The number of phenols is 1. The van der Waals surface area contributed by atoms with Gasteiger partial charge >= 0.3 is 0 Å². The molecule has 0 aromatic heterocycles. The van der Waals surface area contributed by atoms with Gasteiger partial charge in [-0.3, -0.25) is 0 Å². The van der Waals surface area contributed by atoms with Gasteiger partial charge in [0.05, 0.1) is 0 Å². The third kappa shape index (κ3) is 3.38. The summed E-state index contributed by atoms with van der Waals surface area (Å²) in [6, 6.07) is 25.7. The van der Waals surface area contributed by atoms with Crippen LogP contribution in [0.25, 0.3) is 21.5 Å². The zero-order valence-electron chi connectivity index (χ0n) is 17.2. The fourth-order valence-electron chi connectivity index (χ4n) is 4.28. The van der Waals surface area contributed by atoms with Crippen LogP contribution in [0.3, 0.4) is 0 Å². The third-order valence-corrected chi connectivity index (χ3v) is 5.89. The Labute approximate surface area is 167 Å². The maximum Gasteiger partial charge on any atom is 0.116 e. The van der Waals surface area contributed by atoms with Crippen LogP contribution >= 0.6 is 0 Å². The molecule has 0 unspecified atom stereocenters. The maximum absolute atomic E-state index is 10.3. The Hall–Kier alpha value is -2.80. The molecular formula is C27H28O. The highest BCUT2D eigenvalue weighted by molar-refractivity contribution is 5.90. The molecule has 0 saturated carbocycles. The van der Waals surface area contributed by atoms with Crippen molar-refractivity contribution in [2.45, 2.75) is 45.4 Å². The van der Waals surface area contributed by atoms with Crippen LogP contribution in [0.2, 0.25) is 0 Å². The second kappa shape index (κ2) is 6.98. The Morgan fingerprint density at radius 2 is 1.54 bits per heavy atom. The predicted octanol–water partition coefficient (Wildman–Crippen LogP) is 7.34. The summed E-state index contributed by atoms with van der Waals surface area (Å²) in [6.45, 7) is 8.98. The molecule has 0 radical (unpaired) electrons. The molecule has 4 aromatic carbocycles. The average Bonchev–Trinajstić information content (AvgIpc) is 2.67. The average molecular weight is 369 g/mol. The first-order chi connectivity index (χ1) is 13.3. The van der Waals surface area contributed by atoms with Gasteiger partial charge < -0.3 is 5.11 Å². The minimum absolute atomic E-state index is 0.0121. The first-order valence-electron chi connectivity index (χ1n) is 10.1. The molecule has 0 amide bonds. The van der Waals surface area contributed by atoms with E-state index in [1.54, 1.807) is 0 Å². The normalized spacial score (nSPS) is 12.2. The number of hydrogen-bond donors (Lipinski definition) is 1. The van der Waals surface area contributed by atoms with Crippen molar-refractivity contribution in [2.24, 2.45) is 0 Å². The minimum atomic E-state index is -0.0121. The van der Waals surface area contributed by atoms with Gasteiger partial charge in [0.25, 0.3) is 0 Å². The monoisotopic (exact) mass is 368 g/mol. The van der Waals surface area contributed by atoms with Crippen LogP contribution in [0.4, 0.5) is 0 Å². The lowest BCUT2D eigenvalue weighted by Gasteiger charge is -2.27. The highest BCUT2D eigenvalue weighted by Gasteiger charge is 2.23. The molecule has 28 heavy (non-hydrogen) atoms. The molecule has 1 N–H and O–H groups in total. The van der Waals surface area contributed by atoms with E-state index in [4.69, 9.17) is 0 Å². The van der Waals surface area contributed by atoms with Crippen molar-refractivity contribution in [3.63, 3.8) is 0 Å². The largest absolute Gasteiger partial charge is 0.508 e. The molecule has 0 atom stereocenters. The molecule has 0 heterocycles. The Morgan fingerprint density at radius 3 is 2.29 bits per heavy atom. The van der Waals surface area contributed by atoms with Gasteiger partial charge in [0.15, 0.2) is 0 Å². The molecule has 1 heteroatoms. The van der Waals surface area contributed by atoms with Crippen molar-refractivity contribution in [1.29, 1.82) is 0 Å². The molecule has 0 fully saturated rings. The standard InChI is InChI=1S/C27H28O/c1-18(2)25-15-23(28)16-26-21(10-7-11-24(25)26)17-27(3,4)22-13-12-19-8-5-6-9-20(19)14-22/h5-16,18,28H,17H2,1-4H3. The Morgan fingerprint density at radius 1 is 0.786 bits per heavy atom. The summed E-state index contributed by atoms with van der Waals surface area (Å²) in [5.74, 6) is 0.727. The Bertz CT molecular complexity index is 1150. The topological polar surface area (TPSA) is 20.2 Å². The molecule has 142 valence electrons. The van der Waals surface area contributed by atoms with Crippen molar-refractivity contribution < 1.29 is 5.11 Å². The maximum atomic E-state index is 10.3. The lowest BCUT2D eigenvalue weighted by atomic mass is 9.77. The van der Waals surface area contributed by atoms with Crippen LogP contribution in [-0.2, 0) is 11.8 Å². The molecule has 0 aliphatic heterocycles. The second-order valence-corrected chi connectivity index (χ2v) is 8.82. The van der Waals surface area contributed by atoms with E-state index in [0.717, 1.165) is 6.42 Å². The molecule has 1 nitrogen and oxygen atoms in total. The van der Waals surface area contributed by atoms with E-state index in [0.29, 0.717) is 11.7 Å². The first-order valence-corrected chi connectivity index (χ1v) is 10.1. The smallest absolute Gasteiger partial charge is 0.116 e. The molecule has 0 saturated heterocycles. The number of phenolic OH excluding ortho intramolecular Hbond substituents is 1. The van der Waals surface area contributed by atoms with Crippen molar-refractivity contribution in [1.82, 2.24) is 0 Å². The van der Waals surface area contributed by atoms with Gasteiger partial charge in [0, 0.05) is 0 Å². The predicted molar refractivity (Wildman–Crippen MR) is 120 cm³/mol. The van der Waals surface area contributed by atoms with E-state index in [2.05, 4.69) is 88.4 Å². The van der Waals surface area contributed by atoms with E-state index in [1.807, 2.05) is 12.1 Å². The van der Waals surface area contributed by atoms with E-state index >= 15 is 0 Å². The molecule has 4 aromatic rings. The third-order valence-electron chi connectivity index (χ3n) is 5.89. The van der Waals surface area contributed by atoms with Crippen LogP contribution < -0.4 is 0 Å². The number of benzene rings is 4. The molecule has 0 bridgehead atoms. The Balaban J connectivity index is 1.79. The van der Waals surface area contributed by atoms with Gasteiger partial charge in [-0.2, -0.15) is 0 Å². The van der Waals surface area contributed by atoms with Gasteiger partial charge in [-0.25, -0.2) is 0 Å². The molecule has 0 spiro atoms. The van der Waals surface area contributed by atoms with Gasteiger partial charge in [-0.05, 0) is 68.1 Å². The molecular weight excluding hydrogens is 340 g/mol. The highest BCUT2D eigenvalue weighted by Crippen LogP contribution is 2.36. The van der Waals surface area contributed by atoms with Crippen LogP contribution in [0.1, 0.15) is 50.3 Å². The van der Waals surface area contributed by atoms with E-state index < -0.39 is 0 Å². The first kappa shape index (κ1) is 18.6. The van der Waals surface area contributed by atoms with Crippen LogP contribution in [0.15, 0.2) is 72.8 Å². The van der Waals surface area contributed by atoms with Crippen LogP contribution in [0.5, 0.6) is 5.75 Å². The highest BCUT2D eigenvalue weighted by atomic mass is 16.3. The lowest BCUT2D eigenvalue weighted by molar-refractivity contribution is 0.475. The van der Waals surface area contributed by atoms with E-state index in [9.17, 15) is 5.11 Å². The number of aromatic hydroxyl groups is 1.